The zero-order valence-corrected chi connectivity index (χ0v) is 11.4. The molecule has 0 spiro atoms. The molecular formula is C15H16N2O3. The van der Waals surface area contributed by atoms with E-state index in [0.29, 0.717) is 23.9 Å². The van der Waals surface area contributed by atoms with Crippen molar-refractivity contribution < 1.29 is 13.9 Å². The molecule has 0 fully saturated rings. The number of carbonyl (C=O) groups excluding carboxylic acids is 1. The Bertz CT molecular complexity index is 617. The molecule has 5 heteroatoms. The van der Waals surface area contributed by atoms with Gasteiger partial charge in [-0.2, -0.15) is 0 Å². The third-order valence-electron chi connectivity index (χ3n) is 2.47. The Morgan fingerprint density at radius 2 is 2.30 bits per heavy atom. The van der Waals surface area contributed by atoms with E-state index in [9.17, 15) is 4.79 Å². The molecule has 2 rings (SSSR count). The minimum atomic E-state index is -0.270. The third-order valence-corrected chi connectivity index (χ3v) is 2.47. The lowest BCUT2D eigenvalue weighted by Gasteiger charge is -2.08. The van der Waals surface area contributed by atoms with Crippen LogP contribution in [0.1, 0.15) is 18.4 Å². The molecule has 0 aliphatic heterocycles. The summed E-state index contributed by atoms with van der Waals surface area (Å²) in [4.78, 5) is 15.9. The maximum absolute atomic E-state index is 11.8. The quantitative estimate of drug-likeness (QED) is 0.850. The van der Waals surface area contributed by atoms with Crippen molar-refractivity contribution in [3.63, 3.8) is 0 Å². The zero-order valence-electron chi connectivity index (χ0n) is 11.4. The van der Waals surface area contributed by atoms with Gasteiger partial charge in [0.15, 0.2) is 0 Å². The van der Waals surface area contributed by atoms with Crippen LogP contribution in [0.2, 0.25) is 0 Å². The number of pyridine rings is 1. The summed E-state index contributed by atoms with van der Waals surface area (Å²) in [6.45, 7) is 4.20. The largest absolute Gasteiger partial charge is 0.476 e. The van der Waals surface area contributed by atoms with Crippen LogP contribution >= 0.6 is 0 Å². The summed E-state index contributed by atoms with van der Waals surface area (Å²) in [5.74, 6) is 1.57. The Kier molecular flexibility index (Phi) is 4.55. The molecule has 0 saturated carbocycles. The van der Waals surface area contributed by atoms with E-state index in [1.807, 2.05) is 19.9 Å². The topological polar surface area (TPSA) is 64.4 Å². The SMILES string of the molecule is CCOc1ncccc1NC(=O)C=Cc1ccc(C)o1. The Morgan fingerprint density at radius 3 is 3.00 bits per heavy atom. The molecule has 2 heterocycles. The van der Waals surface area contributed by atoms with Gasteiger partial charge in [-0.05, 0) is 44.2 Å². The number of rotatable bonds is 5. The van der Waals surface area contributed by atoms with Crippen molar-refractivity contribution >= 4 is 17.7 Å². The van der Waals surface area contributed by atoms with Crippen LogP contribution in [0, 0.1) is 6.92 Å². The Morgan fingerprint density at radius 1 is 1.45 bits per heavy atom. The second kappa shape index (κ2) is 6.56. The van der Waals surface area contributed by atoms with Crippen molar-refractivity contribution in [1.82, 2.24) is 4.98 Å². The predicted molar refractivity (Wildman–Crippen MR) is 76.5 cm³/mol. The number of nitrogens with zero attached hydrogens (tertiary/aromatic N) is 1. The molecule has 2 aromatic rings. The van der Waals surface area contributed by atoms with Gasteiger partial charge >= 0.3 is 0 Å². The van der Waals surface area contributed by atoms with Gasteiger partial charge < -0.3 is 14.5 Å². The van der Waals surface area contributed by atoms with Gasteiger partial charge in [0.05, 0.1) is 6.61 Å². The van der Waals surface area contributed by atoms with Crippen LogP contribution in [0.3, 0.4) is 0 Å². The third kappa shape index (κ3) is 3.71. The van der Waals surface area contributed by atoms with Crippen molar-refractivity contribution in [3.8, 4) is 5.88 Å². The maximum Gasteiger partial charge on any atom is 0.248 e. The van der Waals surface area contributed by atoms with Crippen LogP contribution in [0.15, 0.2) is 41.0 Å². The van der Waals surface area contributed by atoms with E-state index in [4.69, 9.17) is 9.15 Å². The summed E-state index contributed by atoms with van der Waals surface area (Å²) >= 11 is 0. The standard InChI is InChI=1S/C15H16N2O3/c1-3-19-15-13(5-4-10-16-15)17-14(18)9-8-12-7-6-11(2)20-12/h4-10H,3H2,1-2H3,(H,17,18). The summed E-state index contributed by atoms with van der Waals surface area (Å²) in [7, 11) is 0. The number of aromatic nitrogens is 1. The van der Waals surface area contributed by atoms with E-state index in [0.717, 1.165) is 5.76 Å². The molecule has 0 bridgehead atoms. The number of ether oxygens (including phenoxy) is 1. The summed E-state index contributed by atoms with van der Waals surface area (Å²) in [5, 5.41) is 2.72. The molecule has 0 aliphatic rings. The van der Waals surface area contributed by atoms with E-state index in [-0.39, 0.29) is 5.91 Å². The molecule has 0 saturated heterocycles. The molecule has 2 aromatic heterocycles. The molecule has 0 aliphatic carbocycles. The minimum absolute atomic E-state index is 0.270. The highest BCUT2D eigenvalue weighted by molar-refractivity contribution is 6.02. The van der Waals surface area contributed by atoms with Gasteiger partial charge in [-0.1, -0.05) is 0 Å². The molecule has 1 N–H and O–H groups in total. The maximum atomic E-state index is 11.8. The van der Waals surface area contributed by atoms with E-state index < -0.39 is 0 Å². The highest BCUT2D eigenvalue weighted by Crippen LogP contribution is 2.20. The number of anilines is 1. The highest BCUT2D eigenvalue weighted by Gasteiger charge is 2.06. The van der Waals surface area contributed by atoms with Crippen LogP contribution in [-0.2, 0) is 4.79 Å². The minimum Gasteiger partial charge on any atom is -0.476 e. The summed E-state index contributed by atoms with van der Waals surface area (Å²) in [6.07, 6.45) is 4.63. The van der Waals surface area contributed by atoms with Gasteiger partial charge in [0.25, 0.3) is 0 Å². The Labute approximate surface area is 117 Å². The molecule has 20 heavy (non-hydrogen) atoms. The first-order valence-electron chi connectivity index (χ1n) is 6.32. The summed E-state index contributed by atoms with van der Waals surface area (Å²) < 4.78 is 10.7. The first-order chi connectivity index (χ1) is 9.69. The average Bonchev–Trinajstić information content (AvgIpc) is 2.85. The molecule has 104 valence electrons. The Balaban J connectivity index is 2.03. The first kappa shape index (κ1) is 13.9. The molecular weight excluding hydrogens is 256 g/mol. The first-order valence-corrected chi connectivity index (χ1v) is 6.32. The molecule has 0 unspecified atom stereocenters. The van der Waals surface area contributed by atoms with E-state index in [2.05, 4.69) is 10.3 Å². The van der Waals surface area contributed by atoms with Gasteiger partial charge in [0.1, 0.15) is 17.2 Å². The van der Waals surface area contributed by atoms with Gasteiger partial charge in [-0.25, -0.2) is 4.98 Å². The van der Waals surface area contributed by atoms with Crippen molar-refractivity contribution in [2.75, 3.05) is 11.9 Å². The van der Waals surface area contributed by atoms with E-state index in [1.54, 1.807) is 30.5 Å². The summed E-state index contributed by atoms with van der Waals surface area (Å²) in [6, 6.07) is 7.11. The number of carbonyl (C=O) groups is 1. The normalized spacial score (nSPS) is 10.7. The fourth-order valence-electron chi connectivity index (χ4n) is 1.61. The van der Waals surface area contributed by atoms with Crippen LogP contribution in [0.4, 0.5) is 5.69 Å². The predicted octanol–water partition coefficient (Wildman–Crippen LogP) is 3.03. The lowest BCUT2D eigenvalue weighted by molar-refractivity contribution is -0.111. The van der Waals surface area contributed by atoms with E-state index >= 15 is 0 Å². The van der Waals surface area contributed by atoms with Gasteiger partial charge in [0.2, 0.25) is 11.8 Å². The summed E-state index contributed by atoms with van der Waals surface area (Å²) in [5.41, 5.74) is 0.541. The van der Waals surface area contributed by atoms with Crippen molar-refractivity contribution in [1.29, 1.82) is 0 Å². The smallest absolute Gasteiger partial charge is 0.248 e. The average molecular weight is 272 g/mol. The number of hydrogen-bond acceptors (Lipinski definition) is 4. The van der Waals surface area contributed by atoms with Crippen LogP contribution < -0.4 is 10.1 Å². The van der Waals surface area contributed by atoms with Crippen molar-refractivity contribution in [2.45, 2.75) is 13.8 Å². The lowest BCUT2D eigenvalue weighted by atomic mass is 10.3. The zero-order chi connectivity index (χ0) is 14.4. The second-order valence-corrected chi connectivity index (χ2v) is 4.06. The second-order valence-electron chi connectivity index (χ2n) is 4.06. The molecule has 1 amide bonds. The highest BCUT2D eigenvalue weighted by atomic mass is 16.5. The number of aryl methyl sites for hydroxylation is 1. The van der Waals surface area contributed by atoms with Crippen LogP contribution in [-0.4, -0.2) is 17.5 Å². The molecule has 0 radical (unpaired) electrons. The lowest BCUT2D eigenvalue weighted by Crippen LogP contribution is -2.10. The number of furan rings is 1. The van der Waals surface area contributed by atoms with Crippen molar-refractivity contribution in [3.05, 3.63) is 48.1 Å². The number of amides is 1. The van der Waals surface area contributed by atoms with Crippen LogP contribution in [0.25, 0.3) is 6.08 Å². The number of nitrogens with one attached hydrogen (secondary N) is 1. The fraction of sp³-hybridized carbons (Fsp3) is 0.200. The number of hydrogen-bond donors (Lipinski definition) is 1. The van der Waals surface area contributed by atoms with Gasteiger partial charge in [-0.15, -0.1) is 0 Å². The van der Waals surface area contributed by atoms with Gasteiger partial charge in [-0.3, -0.25) is 4.79 Å². The van der Waals surface area contributed by atoms with E-state index in [1.165, 1.54) is 6.08 Å². The fourth-order valence-corrected chi connectivity index (χ4v) is 1.61. The molecule has 0 aromatic carbocycles. The molecule has 5 nitrogen and oxygen atoms in total. The molecule has 0 atom stereocenters. The Hall–Kier alpha value is -2.56. The monoisotopic (exact) mass is 272 g/mol. The van der Waals surface area contributed by atoms with Gasteiger partial charge in [0, 0.05) is 12.3 Å². The van der Waals surface area contributed by atoms with Crippen LogP contribution in [0.5, 0.6) is 5.88 Å². The van der Waals surface area contributed by atoms with Crippen molar-refractivity contribution in [2.24, 2.45) is 0 Å².